The van der Waals surface area contributed by atoms with Gasteiger partial charge in [0.15, 0.2) is 5.78 Å². The van der Waals surface area contributed by atoms with E-state index in [1.807, 2.05) is 13.8 Å². The molecule has 0 radical (unpaired) electrons. The number of hydrogen-bond donors (Lipinski definition) is 0. The van der Waals surface area contributed by atoms with Crippen molar-refractivity contribution in [3.63, 3.8) is 0 Å². The number of nitrogens with zero attached hydrogens (tertiary/aromatic N) is 1. The maximum absolute atomic E-state index is 12.2. The Bertz CT molecular complexity index is 481. The number of amides is 1. The summed E-state index contributed by atoms with van der Waals surface area (Å²) in [6.45, 7) is 5.31. The van der Waals surface area contributed by atoms with Crippen molar-refractivity contribution in [2.24, 2.45) is 5.92 Å². The highest BCUT2D eigenvalue weighted by atomic mass is 16.5. The molecule has 1 fully saturated rings. The molecule has 0 N–H and O–H groups in total. The highest BCUT2D eigenvalue weighted by Crippen LogP contribution is 2.18. The average molecular weight is 275 g/mol. The van der Waals surface area contributed by atoms with E-state index in [0.29, 0.717) is 18.7 Å². The zero-order valence-electron chi connectivity index (χ0n) is 12.1. The van der Waals surface area contributed by atoms with Crippen molar-refractivity contribution in [1.29, 1.82) is 0 Å². The number of carbonyl (C=O) groups is 2. The summed E-state index contributed by atoms with van der Waals surface area (Å²) in [5.41, 5.74) is 0.625. The quantitative estimate of drug-likeness (QED) is 0.776. The van der Waals surface area contributed by atoms with Crippen molar-refractivity contribution in [3.05, 3.63) is 29.8 Å². The molecule has 1 amide bonds. The summed E-state index contributed by atoms with van der Waals surface area (Å²) in [5, 5.41) is 0. The van der Waals surface area contributed by atoms with Crippen LogP contribution in [0.25, 0.3) is 0 Å². The third-order valence-electron chi connectivity index (χ3n) is 3.62. The summed E-state index contributed by atoms with van der Waals surface area (Å²) >= 11 is 0. The predicted octanol–water partition coefficient (Wildman–Crippen LogP) is 2.53. The first-order chi connectivity index (χ1) is 9.61. The van der Waals surface area contributed by atoms with Gasteiger partial charge in [-0.3, -0.25) is 9.59 Å². The van der Waals surface area contributed by atoms with Crippen molar-refractivity contribution in [2.75, 3.05) is 19.7 Å². The van der Waals surface area contributed by atoms with Crippen LogP contribution in [0.15, 0.2) is 24.3 Å². The molecule has 4 nitrogen and oxygen atoms in total. The van der Waals surface area contributed by atoms with E-state index in [9.17, 15) is 9.59 Å². The third kappa shape index (κ3) is 3.38. The molecule has 0 aliphatic carbocycles. The molecule has 1 aliphatic rings. The normalized spacial score (nSPS) is 19.0. The molecule has 1 saturated heterocycles. The van der Waals surface area contributed by atoms with E-state index in [2.05, 4.69) is 0 Å². The van der Waals surface area contributed by atoms with Crippen LogP contribution in [0.4, 0.5) is 0 Å². The lowest BCUT2D eigenvalue weighted by Gasteiger charge is -2.30. The van der Waals surface area contributed by atoms with Gasteiger partial charge in [-0.05, 0) is 44.0 Å². The van der Waals surface area contributed by atoms with Gasteiger partial charge in [-0.2, -0.15) is 0 Å². The Labute approximate surface area is 119 Å². The van der Waals surface area contributed by atoms with E-state index in [0.717, 1.165) is 18.6 Å². The lowest BCUT2D eigenvalue weighted by atomic mass is 9.98. The second kappa shape index (κ2) is 6.55. The average Bonchev–Trinajstić information content (AvgIpc) is 2.45. The Kier molecular flexibility index (Phi) is 4.77. The van der Waals surface area contributed by atoms with E-state index in [1.54, 1.807) is 29.2 Å². The fourth-order valence-corrected chi connectivity index (χ4v) is 2.46. The summed E-state index contributed by atoms with van der Waals surface area (Å²) in [7, 11) is 0. The van der Waals surface area contributed by atoms with E-state index < -0.39 is 0 Å². The lowest BCUT2D eigenvalue weighted by molar-refractivity contribution is -0.137. The van der Waals surface area contributed by atoms with Crippen molar-refractivity contribution in [3.8, 4) is 5.75 Å². The molecule has 1 unspecified atom stereocenters. The molecule has 20 heavy (non-hydrogen) atoms. The number of piperidine rings is 1. The molecule has 108 valence electrons. The number of benzene rings is 1. The Balaban J connectivity index is 1.99. The number of likely N-dealkylation sites (tertiary alicyclic amines) is 1. The minimum atomic E-state index is -0.0181. The number of ketones is 1. The predicted molar refractivity (Wildman–Crippen MR) is 76.9 cm³/mol. The third-order valence-corrected chi connectivity index (χ3v) is 3.62. The molecule has 1 aromatic carbocycles. The zero-order valence-corrected chi connectivity index (χ0v) is 12.1. The van der Waals surface area contributed by atoms with E-state index in [4.69, 9.17) is 4.74 Å². The Hall–Kier alpha value is -1.84. The largest absolute Gasteiger partial charge is 0.494 e. The van der Waals surface area contributed by atoms with Crippen LogP contribution in [0.2, 0.25) is 0 Å². The number of carbonyl (C=O) groups excluding carboxylic acids is 2. The molecular weight excluding hydrogens is 254 g/mol. The molecule has 2 rings (SSSR count). The van der Waals surface area contributed by atoms with Gasteiger partial charge in [0.25, 0.3) is 0 Å². The van der Waals surface area contributed by atoms with Crippen LogP contribution in [0, 0.1) is 5.92 Å². The summed E-state index contributed by atoms with van der Waals surface area (Å²) < 4.78 is 5.35. The van der Waals surface area contributed by atoms with Gasteiger partial charge in [-0.25, -0.2) is 0 Å². The van der Waals surface area contributed by atoms with Gasteiger partial charge >= 0.3 is 0 Å². The summed E-state index contributed by atoms with van der Waals surface area (Å²) in [6.07, 6.45) is 1.90. The standard InChI is InChI=1S/C16H21NO3/c1-3-20-14-8-6-13(7-9-14)15(18)11-17-10-4-5-12(2)16(17)19/h6-9,12H,3-5,10-11H2,1-2H3. The molecule has 0 spiro atoms. The monoisotopic (exact) mass is 275 g/mol. The maximum atomic E-state index is 12.2. The molecule has 1 aliphatic heterocycles. The van der Waals surface area contributed by atoms with Gasteiger partial charge < -0.3 is 9.64 Å². The highest BCUT2D eigenvalue weighted by molar-refractivity contribution is 5.99. The van der Waals surface area contributed by atoms with Crippen LogP contribution < -0.4 is 4.74 Å². The van der Waals surface area contributed by atoms with Crippen molar-refractivity contribution < 1.29 is 14.3 Å². The van der Waals surface area contributed by atoms with Gasteiger partial charge in [0, 0.05) is 18.0 Å². The fourth-order valence-electron chi connectivity index (χ4n) is 2.46. The maximum Gasteiger partial charge on any atom is 0.225 e. The minimum Gasteiger partial charge on any atom is -0.494 e. The van der Waals surface area contributed by atoms with Gasteiger partial charge in [0.1, 0.15) is 5.75 Å². The summed E-state index contributed by atoms with van der Waals surface area (Å²) in [4.78, 5) is 25.9. The molecule has 1 atom stereocenters. The molecule has 1 aromatic rings. The van der Waals surface area contributed by atoms with Gasteiger partial charge in [-0.15, -0.1) is 0 Å². The van der Waals surface area contributed by atoms with Crippen LogP contribution in [0.3, 0.4) is 0 Å². The highest BCUT2D eigenvalue weighted by Gasteiger charge is 2.26. The molecule has 0 saturated carbocycles. The fraction of sp³-hybridized carbons (Fsp3) is 0.500. The molecule has 4 heteroatoms. The van der Waals surface area contributed by atoms with E-state index in [-0.39, 0.29) is 24.2 Å². The van der Waals surface area contributed by atoms with Gasteiger partial charge in [-0.1, -0.05) is 6.92 Å². The first-order valence-corrected chi connectivity index (χ1v) is 7.16. The van der Waals surface area contributed by atoms with Crippen LogP contribution in [0.5, 0.6) is 5.75 Å². The van der Waals surface area contributed by atoms with E-state index >= 15 is 0 Å². The van der Waals surface area contributed by atoms with Crippen molar-refractivity contribution >= 4 is 11.7 Å². The van der Waals surface area contributed by atoms with Crippen molar-refractivity contribution in [2.45, 2.75) is 26.7 Å². The number of rotatable bonds is 5. The first kappa shape index (κ1) is 14.6. The topological polar surface area (TPSA) is 46.6 Å². The zero-order chi connectivity index (χ0) is 14.5. The van der Waals surface area contributed by atoms with Crippen LogP contribution >= 0.6 is 0 Å². The first-order valence-electron chi connectivity index (χ1n) is 7.16. The molecule has 1 heterocycles. The smallest absolute Gasteiger partial charge is 0.225 e. The summed E-state index contributed by atoms with van der Waals surface area (Å²) in [5.74, 6) is 0.870. The Morgan fingerprint density at radius 2 is 2.05 bits per heavy atom. The van der Waals surface area contributed by atoms with Gasteiger partial charge in [0.2, 0.25) is 5.91 Å². The van der Waals surface area contributed by atoms with E-state index in [1.165, 1.54) is 0 Å². The van der Waals surface area contributed by atoms with Gasteiger partial charge in [0.05, 0.1) is 13.2 Å². The van der Waals surface area contributed by atoms with Crippen LogP contribution in [-0.2, 0) is 4.79 Å². The second-order valence-corrected chi connectivity index (χ2v) is 5.18. The Morgan fingerprint density at radius 3 is 2.70 bits per heavy atom. The second-order valence-electron chi connectivity index (χ2n) is 5.18. The lowest BCUT2D eigenvalue weighted by Crippen LogP contribution is -2.42. The van der Waals surface area contributed by atoms with Crippen molar-refractivity contribution in [1.82, 2.24) is 4.90 Å². The summed E-state index contributed by atoms with van der Waals surface area (Å²) in [6, 6.07) is 7.09. The SMILES string of the molecule is CCOc1ccc(C(=O)CN2CCCC(C)C2=O)cc1. The number of hydrogen-bond acceptors (Lipinski definition) is 3. The molecule has 0 bridgehead atoms. The number of Topliss-reactive ketones (excluding diaryl/α,β-unsaturated/α-hetero) is 1. The van der Waals surface area contributed by atoms with Crippen LogP contribution in [-0.4, -0.2) is 36.3 Å². The molecule has 0 aromatic heterocycles. The Morgan fingerprint density at radius 1 is 1.35 bits per heavy atom. The van der Waals surface area contributed by atoms with Crippen LogP contribution in [0.1, 0.15) is 37.0 Å². The molecular formula is C16H21NO3. The number of ether oxygens (including phenoxy) is 1. The minimum absolute atomic E-state index is 0.0181.